The summed E-state index contributed by atoms with van der Waals surface area (Å²) in [6, 6.07) is 8.08. The Hall–Kier alpha value is -2.50. The highest BCUT2D eigenvalue weighted by atomic mass is 16.6. The second-order valence-corrected chi connectivity index (χ2v) is 7.50. The monoisotopic (exact) mass is 326 g/mol. The molecular formula is C18H22N4O2. The smallest absolute Gasteiger partial charge is 0.410 e. The first-order valence-corrected chi connectivity index (χ1v) is 8.27. The van der Waals surface area contributed by atoms with Crippen molar-refractivity contribution in [3.05, 3.63) is 42.4 Å². The Labute approximate surface area is 141 Å². The summed E-state index contributed by atoms with van der Waals surface area (Å²) in [5, 5.41) is 3.63. The molecule has 1 unspecified atom stereocenters. The van der Waals surface area contributed by atoms with Gasteiger partial charge in [0.15, 0.2) is 5.82 Å². The van der Waals surface area contributed by atoms with Crippen LogP contribution < -0.4 is 5.32 Å². The van der Waals surface area contributed by atoms with E-state index in [2.05, 4.69) is 20.9 Å². The maximum Gasteiger partial charge on any atom is 0.410 e. The van der Waals surface area contributed by atoms with Crippen molar-refractivity contribution in [1.29, 1.82) is 0 Å². The number of pyridine rings is 1. The van der Waals surface area contributed by atoms with Gasteiger partial charge in [-0.2, -0.15) is 0 Å². The summed E-state index contributed by atoms with van der Waals surface area (Å²) in [5.74, 6) is 0.902. The highest BCUT2D eigenvalue weighted by Crippen LogP contribution is 2.42. The molecule has 1 saturated heterocycles. The molecule has 1 spiro atoms. The fourth-order valence-corrected chi connectivity index (χ4v) is 3.57. The quantitative estimate of drug-likeness (QED) is 0.808. The average molecular weight is 326 g/mol. The molecule has 1 N–H and O–H groups in total. The van der Waals surface area contributed by atoms with Crippen molar-refractivity contribution in [2.75, 3.05) is 18.4 Å². The van der Waals surface area contributed by atoms with Crippen LogP contribution in [0.4, 0.5) is 10.5 Å². The molecule has 1 fully saturated rings. The van der Waals surface area contributed by atoms with Gasteiger partial charge in [-0.3, -0.25) is 0 Å². The number of hydrogen-bond acceptors (Lipinski definition) is 4. The van der Waals surface area contributed by atoms with E-state index in [1.807, 2.05) is 45.2 Å². The molecule has 4 heterocycles. The first-order valence-electron chi connectivity index (χ1n) is 8.27. The van der Waals surface area contributed by atoms with Gasteiger partial charge in [0.05, 0.1) is 23.5 Å². The van der Waals surface area contributed by atoms with E-state index < -0.39 is 5.60 Å². The number of carbonyl (C=O) groups excluding carboxylic acids is 1. The van der Waals surface area contributed by atoms with Crippen LogP contribution in [0.15, 0.2) is 36.7 Å². The molecule has 126 valence electrons. The molecule has 2 aliphatic heterocycles. The largest absolute Gasteiger partial charge is 0.444 e. The third-order valence-corrected chi connectivity index (χ3v) is 4.55. The normalized spacial score (nSPS) is 22.0. The van der Waals surface area contributed by atoms with Crippen molar-refractivity contribution in [3.63, 3.8) is 0 Å². The van der Waals surface area contributed by atoms with Gasteiger partial charge in [-0.25, -0.2) is 9.78 Å². The van der Waals surface area contributed by atoms with E-state index in [-0.39, 0.29) is 11.6 Å². The van der Waals surface area contributed by atoms with Crippen molar-refractivity contribution in [2.45, 2.75) is 38.3 Å². The highest BCUT2D eigenvalue weighted by Gasteiger charge is 2.46. The van der Waals surface area contributed by atoms with Crippen LogP contribution in [-0.2, 0) is 10.3 Å². The van der Waals surface area contributed by atoms with Gasteiger partial charge < -0.3 is 19.5 Å². The molecule has 2 aromatic heterocycles. The zero-order valence-corrected chi connectivity index (χ0v) is 14.2. The number of fused-ring (bicyclic) bond motifs is 4. The Kier molecular flexibility index (Phi) is 3.13. The van der Waals surface area contributed by atoms with Gasteiger partial charge in [-0.05, 0) is 51.5 Å². The number of nitrogens with one attached hydrogen (secondary N) is 1. The van der Waals surface area contributed by atoms with Crippen LogP contribution in [0.3, 0.4) is 0 Å². The molecule has 6 heteroatoms. The first-order chi connectivity index (χ1) is 11.4. The Morgan fingerprint density at radius 3 is 2.96 bits per heavy atom. The molecule has 0 aliphatic carbocycles. The van der Waals surface area contributed by atoms with Crippen LogP contribution in [-0.4, -0.2) is 39.2 Å². The van der Waals surface area contributed by atoms with E-state index in [0.29, 0.717) is 13.1 Å². The Morgan fingerprint density at radius 2 is 2.17 bits per heavy atom. The van der Waals surface area contributed by atoms with E-state index in [1.54, 1.807) is 11.1 Å². The molecule has 0 saturated carbocycles. The highest BCUT2D eigenvalue weighted by molar-refractivity contribution is 5.70. The van der Waals surface area contributed by atoms with Crippen LogP contribution in [0, 0.1) is 0 Å². The Balaban J connectivity index is 1.65. The zero-order chi connectivity index (χ0) is 16.9. The predicted molar refractivity (Wildman–Crippen MR) is 91.3 cm³/mol. The van der Waals surface area contributed by atoms with E-state index in [0.717, 1.165) is 23.6 Å². The summed E-state index contributed by atoms with van der Waals surface area (Å²) in [6.07, 6.45) is 4.41. The van der Waals surface area contributed by atoms with Gasteiger partial charge in [0.1, 0.15) is 5.60 Å². The second-order valence-electron chi connectivity index (χ2n) is 7.50. The summed E-state index contributed by atoms with van der Waals surface area (Å²) >= 11 is 0. The summed E-state index contributed by atoms with van der Waals surface area (Å²) < 4.78 is 7.65. The topological polar surface area (TPSA) is 59.4 Å². The molecule has 24 heavy (non-hydrogen) atoms. The maximum atomic E-state index is 12.4. The number of likely N-dealkylation sites (tertiary alicyclic amines) is 1. The number of nitrogens with zero attached hydrogens (tertiary/aromatic N) is 3. The van der Waals surface area contributed by atoms with Crippen molar-refractivity contribution in [3.8, 4) is 5.82 Å². The number of ether oxygens (including phenoxy) is 1. The van der Waals surface area contributed by atoms with E-state index in [4.69, 9.17) is 4.74 Å². The molecule has 0 radical (unpaired) electrons. The lowest BCUT2D eigenvalue weighted by atomic mass is 9.92. The third-order valence-electron chi connectivity index (χ3n) is 4.55. The van der Waals surface area contributed by atoms with Crippen molar-refractivity contribution in [2.24, 2.45) is 0 Å². The van der Waals surface area contributed by atoms with Gasteiger partial charge in [0.2, 0.25) is 0 Å². The molecule has 1 amide bonds. The lowest BCUT2D eigenvalue weighted by molar-refractivity contribution is 0.0285. The number of carbonyl (C=O) groups is 1. The van der Waals surface area contributed by atoms with Crippen molar-refractivity contribution in [1.82, 2.24) is 14.5 Å². The second kappa shape index (κ2) is 5.00. The summed E-state index contributed by atoms with van der Waals surface area (Å²) in [6.45, 7) is 6.93. The Morgan fingerprint density at radius 1 is 1.33 bits per heavy atom. The lowest BCUT2D eigenvalue weighted by Crippen LogP contribution is -2.44. The molecule has 4 rings (SSSR count). The van der Waals surface area contributed by atoms with Crippen molar-refractivity contribution >= 4 is 11.8 Å². The summed E-state index contributed by atoms with van der Waals surface area (Å²) in [7, 11) is 0. The van der Waals surface area contributed by atoms with Crippen LogP contribution in [0.2, 0.25) is 0 Å². The van der Waals surface area contributed by atoms with Gasteiger partial charge in [-0.15, -0.1) is 0 Å². The number of rotatable bonds is 0. The van der Waals surface area contributed by atoms with Crippen LogP contribution in [0.5, 0.6) is 0 Å². The van der Waals surface area contributed by atoms with E-state index in [9.17, 15) is 4.79 Å². The average Bonchev–Trinajstić information content (AvgIpc) is 3.14. The lowest BCUT2D eigenvalue weighted by Gasteiger charge is -2.37. The fraction of sp³-hybridized carbons (Fsp3) is 0.444. The molecule has 0 bridgehead atoms. The number of hydrogen-bond donors (Lipinski definition) is 1. The molecular weight excluding hydrogens is 304 g/mol. The zero-order valence-electron chi connectivity index (χ0n) is 14.2. The van der Waals surface area contributed by atoms with Crippen molar-refractivity contribution < 1.29 is 9.53 Å². The van der Waals surface area contributed by atoms with E-state index >= 15 is 0 Å². The standard InChI is InChI=1S/C18H22N4O2/c1-17(2,3)24-16(23)21-11-8-18(12-21)14-7-5-10-22(14)15-13(20-18)6-4-9-19-15/h4-7,9-10,20H,8,11-12H2,1-3H3. The third kappa shape index (κ3) is 2.33. The number of anilines is 1. The summed E-state index contributed by atoms with van der Waals surface area (Å²) in [4.78, 5) is 18.7. The number of aromatic nitrogens is 2. The van der Waals surface area contributed by atoms with Gasteiger partial charge in [0.25, 0.3) is 0 Å². The summed E-state index contributed by atoms with van der Waals surface area (Å²) in [5.41, 5.74) is 1.35. The fourth-order valence-electron chi connectivity index (χ4n) is 3.57. The van der Waals surface area contributed by atoms with Gasteiger partial charge in [0, 0.05) is 18.9 Å². The van der Waals surface area contributed by atoms with Crippen LogP contribution >= 0.6 is 0 Å². The van der Waals surface area contributed by atoms with Crippen LogP contribution in [0.1, 0.15) is 32.9 Å². The minimum Gasteiger partial charge on any atom is -0.444 e. The SMILES string of the molecule is CC(C)(C)OC(=O)N1CCC2(C1)Nc1cccnc1-n1cccc12. The van der Waals surface area contributed by atoms with E-state index in [1.165, 1.54) is 0 Å². The van der Waals surface area contributed by atoms with Gasteiger partial charge >= 0.3 is 6.09 Å². The molecule has 2 aromatic rings. The van der Waals surface area contributed by atoms with Gasteiger partial charge in [-0.1, -0.05) is 0 Å². The number of amides is 1. The first kappa shape index (κ1) is 15.1. The molecule has 0 aromatic carbocycles. The molecule has 6 nitrogen and oxygen atoms in total. The maximum absolute atomic E-state index is 12.4. The van der Waals surface area contributed by atoms with Crippen LogP contribution in [0.25, 0.3) is 5.82 Å². The predicted octanol–water partition coefficient (Wildman–Crippen LogP) is 3.13. The molecule has 2 aliphatic rings. The Bertz CT molecular complexity index is 792. The minimum absolute atomic E-state index is 0.253. The minimum atomic E-state index is -0.483. The molecule has 1 atom stereocenters.